The summed E-state index contributed by atoms with van der Waals surface area (Å²) in [7, 11) is 0. The van der Waals surface area contributed by atoms with Crippen LogP contribution in [-0.2, 0) is 16.0 Å². The van der Waals surface area contributed by atoms with Crippen molar-refractivity contribution >= 4 is 33.8 Å². The smallest absolute Gasteiger partial charge is 0.340 e. The molecule has 2 aromatic carbocycles. The lowest BCUT2D eigenvalue weighted by molar-refractivity contribution is -0.145. The maximum absolute atomic E-state index is 13.4. The standard InChI is InChI=1S/C26H22FNO6/c1-14-18-9-20-21(15-4-6-17(27)7-5-15)13-33-22(20)11-23(18)34-26(32)19(14)10-24(29)28-8-2-3-16(12-28)25(30)31/h4-7,9,11,13,16H,2-3,8,10,12H2,1H3,(H,30,31). The number of fused-ring (bicyclic) bond motifs is 2. The normalized spacial score (nSPS) is 16.3. The lowest BCUT2D eigenvalue weighted by Crippen LogP contribution is -2.43. The van der Waals surface area contributed by atoms with Gasteiger partial charge in [-0.05, 0) is 49.1 Å². The second kappa shape index (κ2) is 8.44. The summed E-state index contributed by atoms with van der Waals surface area (Å²) in [6.07, 6.45) is 2.56. The topological polar surface area (TPSA) is 101 Å². The monoisotopic (exact) mass is 463 g/mol. The first-order valence-corrected chi connectivity index (χ1v) is 11.1. The van der Waals surface area contributed by atoms with Crippen molar-refractivity contribution in [2.24, 2.45) is 5.92 Å². The number of hydrogen-bond donors (Lipinski definition) is 1. The van der Waals surface area contributed by atoms with Crippen LogP contribution in [0.1, 0.15) is 24.0 Å². The number of likely N-dealkylation sites (tertiary alicyclic amines) is 1. The molecule has 1 aliphatic heterocycles. The molecule has 1 N–H and O–H groups in total. The number of amides is 1. The summed E-state index contributed by atoms with van der Waals surface area (Å²) in [6, 6.07) is 9.56. The second-order valence-corrected chi connectivity index (χ2v) is 8.69. The van der Waals surface area contributed by atoms with E-state index in [1.165, 1.54) is 17.0 Å². The van der Waals surface area contributed by atoms with E-state index in [2.05, 4.69) is 0 Å². The highest BCUT2D eigenvalue weighted by atomic mass is 19.1. The molecule has 3 heterocycles. The van der Waals surface area contributed by atoms with Gasteiger partial charge in [0.25, 0.3) is 0 Å². The predicted octanol–water partition coefficient (Wildman–Crippen LogP) is 4.52. The van der Waals surface area contributed by atoms with Crippen LogP contribution < -0.4 is 5.63 Å². The Bertz CT molecular complexity index is 1480. The van der Waals surface area contributed by atoms with Gasteiger partial charge in [-0.25, -0.2) is 9.18 Å². The van der Waals surface area contributed by atoms with E-state index in [1.807, 2.05) is 6.07 Å². The number of hydrogen-bond acceptors (Lipinski definition) is 5. The molecular weight excluding hydrogens is 441 g/mol. The average Bonchev–Trinajstić information content (AvgIpc) is 3.24. The number of piperidine rings is 1. The van der Waals surface area contributed by atoms with E-state index in [1.54, 1.807) is 31.4 Å². The van der Waals surface area contributed by atoms with Gasteiger partial charge in [0.15, 0.2) is 0 Å². The minimum atomic E-state index is -0.917. The molecule has 1 fully saturated rings. The third-order valence-electron chi connectivity index (χ3n) is 6.59. The van der Waals surface area contributed by atoms with Gasteiger partial charge >= 0.3 is 11.6 Å². The third-order valence-corrected chi connectivity index (χ3v) is 6.59. The second-order valence-electron chi connectivity index (χ2n) is 8.69. The van der Waals surface area contributed by atoms with Crippen LogP contribution in [0, 0.1) is 18.7 Å². The first-order valence-electron chi connectivity index (χ1n) is 11.1. The molecule has 5 rings (SSSR count). The molecule has 1 saturated heterocycles. The van der Waals surface area contributed by atoms with Crippen molar-refractivity contribution in [1.29, 1.82) is 0 Å². The van der Waals surface area contributed by atoms with Gasteiger partial charge in [-0.2, -0.15) is 0 Å². The molecule has 0 bridgehead atoms. The van der Waals surface area contributed by atoms with E-state index in [0.29, 0.717) is 41.5 Å². The highest BCUT2D eigenvalue weighted by Gasteiger charge is 2.29. The zero-order chi connectivity index (χ0) is 24.0. The molecule has 1 amide bonds. The Labute approximate surface area is 193 Å². The fourth-order valence-electron chi connectivity index (χ4n) is 4.64. The van der Waals surface area contributed by atoms with Crippen LogP contribution in [0.15, 0.2) is 56.3 Å². The minimum Gasteiger partial charge on any atom is -0.481 e. The van der Waals surface area contributed by atoms with Gasteiger partial charge in [0.1, 0.15) is 17.0 Å². The van der Waals surface area contributed by atoms with Crippen molar-refractivity contribution in [3.05, 3.63) is 70.0 Å². The Morgan fingerprint density at radius 1 is 1.15 bits per heavy atom. The quantitative estimate of drug-likeness (QED) is 0.447. The van der Waals surface area contributed by atoms with Crippen LogP contribution in [0.2, 0.25) is 0 Å². The largest absolute Gasteiger partial charge is 0.481 e. The van der Waals surface area contributed by atoms with Crippen molar-refractivity contribution in [2.75, 3.05) is 13.1 Å². The van der Waals surface area contributed by atoms with E-state index in [9.17, 15) is 23.9 Å². The van der Waals surface area contributed by atoms with Gasteiger partial charge in [0.2, 0.25) is 5.91 Å². The molecule has 2 aromatic heterocycles. The lowest BCUT2D eigenvalue weighted by Gasteiger charge is -2.30. The molecule has 0 spiro atoms. The molecule has 7 nitrogen and oxygen atoms in total. The summed E-state index contributed by atoms with van der Waals surface area (Å²) >= 11 is 0. The van der Waals surface area contributed by atoms with Crippen LogP contribution in [0.4, 0.5) is 4.39 Å². The zero-order valence-corrected chi connectivity index (χ0v) is 18.5. The van der Waals surface area contributed by atoms with Crippen molar-refractivity contribution in [3.8, 4) is 11.1 Å². The Morgan fingerprint density at radius 2 is 1.91 bits per heavy atom. The molecular formula is C26H22FNO6. The number of nitrogens with zero attached hydrogens (tertiary/aromatic N) is 1. The summed E-state index contributed by atoms with van der Waals surface area (Å²) in [4.78, 5) is 38.5. The summed E-state index contributed by atoms with van der Waals surface area (Å²) in [5.74, 6) is -2.14. The Hall–Kier alpha value is -3.94. The summed E-state index contributed by atoms with van der Waals surface area (Å²) in [5, 5.41) is 10.7. The molecule has 4 aromatic rings. The summed E-state index contributed by atoms with van der Waals surface area (Å²) in [5.41, 5.74) is 2.69. The number of rotatable bonds is 4. The van der Waals surface area contributed by atoms with Gasteiger partial charge in [0.05, 0.1) is 24.2 Å². The van der Waals surface area contributed by atoms with Crippen molar-refractivity contribution in [2.45, 2.75) is 26.2 Å². The molecule has 1 atom stereocenters. The lowest BCUT2D eigenvalue weighted by atomic mass is 9.96. The number of carbonyl (C=O) groups excluding carboxylic acids is 1. The minimum absolute atomic E-state index is 0.142. The molecule has 0 saturated carbocycles. The van der Waals surface area contributed by atoms with Crippen LogP contribution in [-0.4, -0.2) is 35.0 Å². The van der Waals surface area contributed by atoms with E-state index < -0.39 is 17.5 Å². The maximum Gasteiger partial charge on any atom is 0.340 e. The first-order chi connectivity index (χ1) is 16.3. The highest BCUT2D eigenvalue weighted by molar-refractivity contribution is 6.02. The molecule has 0 aliphatic carbocycles. The number of halogens is 1. The summed E-state index contributed by atoms with van der Waals surface area (Å²) in [6.45, 7) is 2.38. The van der Waals surface area contributed by atoms with Crippen molar-refractivity contribution in [3.63, 3.8) is 0 Å². The number of aliphatic carboxylic acids is 1. The number of carboxylic acids is 1. The Balaban J connectivity index is 1.53. The Morgan fingerprint density at radius 3 is 2.65 bits per heavy atom. The zero-order valence-electron chi connectivity index (χ0n) is 18.5. The highest BCUT2D eigenvalue weighted by Crippen LogP contribution is 2.34. The molecule has 34 heavy (non-hydrogen) atoms. The van der Waals surface area contributed by atoms with E-state index in [-0.39, 0.29) is 30.3 Å². The van der Waals surface area contributed by atoms with Crippen LogP contribution >= 0.6 is 0 Å². The molecule has 0 radical (unpaired) electrons. The van der Waals surface area contributed by atoms with Gasteiger partial charge in [-0.15, -0.1) is 0 Å². The van der Waals surface area contributed by atoms with E-state index >= 15 is 0 Å². The van der Waals surface area contributed by atoms with Crippen molar-refractivity contribution < 1.29 is 27.9 Å². The number of carboxylic acid groups (broad SMARTS) is 1. The number of benzene rings is 2. The number of aryl methyl sites for hydroxylation is 1. The first kappa shape index (κ1) is 21.9. The summed E-state index contributed by atoms with van der Waals surface area (Å²) < 4.78 is 24.6. The fraction of sp³-hybridized carbons (Fsp3) is 0.269. The molecule has 1 unspecified atom stereocenters. The van der Waals surface area contributed by atoms with Gasteiger partial charge < -0.3 is 18.8 Å². The molecule has 174 valence electrons. The van der Waals surface area contributed by atoms with Crippen LogP contribution in [0.5, 0.6) is 0 Å². The van der Waals surface area contributed by atoms with Gasteiger partial charge in [0, 0.05) is 35.5 Å². The predicted molar refractivity (Wildman–Crippen MR) is 123 cm³/mol. The third kappa shape index (κ3) is 3.85. The molecule has 8 heteroatoms. The van der Waals surface area contributed by atoms with E-state index in [4.69, 9.17) is 8.83 Å². The van der Waals surface area contributed by atoms with Gasteiger partial charge in [-0.1, -0.05) is 12.1 Å². The fourth-order valence-corrected chi connectivity index (χ4v) is 4.64. The van der Waals surface area contributed by atoms with Crippen LogP contribution in [0.3, 0.4) is 0 Å². The van der Waals surface area contributed by atoms with Gasteiger partial charge in [-0.3, -0.25) is 9.59 Å². The number of carbonyl (C=O) groups is 2. The SMILES string of the molecule is Cc1c(CC(=O)N2CCCC(C(=O)O)C2)c(=O)oc2cc3occ(-c4ccc(F)cc4)c3cc12. The van der Waals surface area contributed by atoms with Crippen molar-refractivity contribution in [1.82, 2.24) is 4.90 Å². The average molecular weight is 463 g/mol. The van der Waals surface area contributed by atoms with Crippen LogP contribution in [0.25, 0.3) is 33.1 Å². The number of furan rings is 1. The van der Waals surface area contributed by atoms with E-state index in [0.717, 1.165) is 16.5 Å². The Kier molecular flexibility index (Phi) is 5.43. The molecule has 1 aliphatic rings. The maximum atomic E-state index is 13.4.